The van der Waals surface area contributed by atoms with Crippen LogP contribution in [0.1, 0.15) is 56.0 Å². The van der Waals surface area contributed by atoms with Crippen LogP contribution < -0.4 is 29.6 Å². The van der Waals surface area contributed by atoms with Gasteiger partial charge in [0.1, 0.15) is 11.5 Å². The van der Waals surface area contributed by atoms with Gasteiger partial charge in [0.15, 0.2) is 11.5 Å². The number of nitrogens with one attached hydrogen (secondary N) is 2. The van der Waals surface area contributed by atoms with Crippen molar-refractivity contribution in [2.24, 2.45) is 5.92 Å². The van der Waals surface area contributed by atoms with Gasteiger partial charge in [-0.25, -0.2) is 4.79 Å². The van der Waals surface area contributed by atoms with Crippen molar-refractivity contribution in [3.8, 4) is 23.0 Å². The molecule has 0 radical (unpaired) electrons. The average molecular weight is 691 g/mol. The van der Waals surface area contributed by atoms with E-state index in [1.165, 1.54) is 0 Å². The predicted octanol–water partition coefficient (Wildman–Crippen LogP) is 6.00. The van der Waals surface area contributed by atoms with Crippen LogP contribution in [0.2, 0.25) is 0 Å². The van der Waals surface area contributed by atoms with E-state index in [0.717, 1.165) is 36.3 Å². The van der Waals surface area contributed by atoms with Gasteiger partial charge in [0.2, 0.25) is 6.79 Å². The van der Waals surface area contributed by atoms with Crippen LogP contribution in [0.3, 0.4) is 0 Å². The van der Waals surface area contributed by atoms with Gasteiger partial charge in [-0.2, -0.15) is 0 Å². The zero-order valence-electron chi connectivity index (χ0n) is 29.6. The Kier molecular flexibility index (Phi) is 12.8. The average Bonchev–Trinajstić information content (AvgIpc) is 3.58. The molecule has 0 aliphatic carbocycles. The molecule has 0 bridgehead atoms. The van der Waals surface area contributed by atoms with Gasteiger partial charge in [0.25, 0.3) is 5.91 Å². The van der Waals surface area contributed by atoms with Crippen molar-refractivity contribution in [3.63, 3.8) is 0 Å². The van der Waals surface area contributed by atoms with Crippen LogP contribution in [0, 0.1) is 5.92 Å². The molecular formula is C38H50N4O8. The number of fused-ring (bicyclic) bond motifs is 2. The summed E-state index contributed by atoms with van der Waals surface area (Å²) in [5.41, 5.74) is 2.42. The van der Waals surface area contributed by atoms with Crippen LogP contribution in [0.25, 0.3) is 0 Å². The molecule has 5 rings (SSSR count). The number of benzene rings is 3. The van der Waals surface area contributed by atoms with Crippen molar-refractivity contribution in [2.75, 3.05) is 57.9 Å². The first-order valence-corrected chi connectivity index (χ1v) is 17.3. The van der Waals surface area contributed by atoms with Crippen LogP contribution in [0.5, 0.6) is 23.0 Å². The van der Waals surface area contributed by atoms with Gasteiger partial charge in [-0.05, 0) is 100 Å². The highest BCUT2D eigenvalue weighted by Gasteiger charge is 2.30. The summed E-state index contributed by atoms with van der Waals surface area (Å²) in [6.07, 6.45) is 2.21. The van der Waals surface area contributed by atoms with Crippen molar-refractivity contribution < 1.29 is 38.4 Å². The zero-order valence-corrected chi connectivity index (χ0v) is 29.6. The Labute approximate surface area is 294 Å². The molecule has 0 fully saturated rings. The topological polar surface area (TPSA) is 131 Å². The Bertz CT molecular complexity index is 1590. The minimum atomic E-state index is -0.481. The molecule has 0 saturated heterocycles. The highest BCUT2D eigenvalue weighted by atomic mass is 16.7. The number of methoxy groups -OCH3 is 1. The number of nitrogens with zero attached hydrogens (tertiary/aromatic N) is 2. The normalized spacial score (nSPS) is 20.3. The summed E-state index contributed by atoms with van der Waals surface area (Å²) in [5, 5.41) is 15.9. The number of amides is 3. The molecule has 4 atom stereocenters. The third-order valence-electron chi connectivity index (χ3n) is 9.04. The van der Waals surface area contributed by atoms with Gasteiger partial charge >= 0.3 is 6.03 Å². The largest absolute Gasteiger partial charge is 0.497 e. The molecule has 0 spiro atoms. The number of hydrogen-bond donors (Lipinski definition) is 3. The van der Waals surface area contributed by atoms with Crippen LogP contribution in [0.4, 0.5) is 16.2 Å². The summed E-state index contributed by atoms with van der Waals surface area (Å²) < 4.78 is 29.1. The maximum atomic E-state index is 14.4. The molecule has 0 saturated carbocycles. The van der Waals surface area contributed by atoms with Gasteiger partial charge in [0.05, 0.1) is 37.5 Å². The third kappa shape index (κ3) is 9.80. The SMILES string of the molecule is COc1ccc(NC(=O)Nc2ccc3c(c2)C(=O)N([C@@H](C)CO)C[C@H](C)[C@H](CN(C)Cc2ccc4c(c2)OCO4)OCCCC[C@H](C)O3)cc1. The molecular weight excluding hydrogens is 640 g/mol. The smallest absolute Gasteiger partial charge is 0.323 e. The van der Waals surface area contributed by atoms with E-state index in [-0.39, 0.29) is 37.4 Å². The first kappa shape index (κ1) is 36.8. The Morgan fingerprint density at radius 2 is 1.72 bits per heavy atom. The maximum absolute atomic E-state index is 14.4. The standard InChI is InChI=1S/C38H50N4O8/c1-25-20-42(26(2)23-43)37(44)32-19-30(40-38(45)39-29-10-13-31(46-5)14-11-29)12-16-33(32)50-27(3)8-6-7-17-47-36(25)22-41(4)21-28-9-15-34-35(18-28)49-24-48-34/h9-16,18-19,25-27,36,43H,6-8,17,20-24H2,1-5H3,(H2,39,40,45)/t25-,26-,27-,36-/m0/s1. The lowest BCUT2D eigenvalue weighted by molar-refractivity contribution is -0.0177. The molecule has 3 aromatic rings. The van der Waals surface area contributed by atoms with E-state index in [4.69, 9.17) is 23.7 Å². The van der Waals surface area contributed by atoms with Gasteiger partial charge in [-0.15, -0.1) is 0 Å². The monoisotopic (exact) mass is 690 g/mol. The quantitative estimate of drug-likeness (QED) is 0.248. The van der Waals surface area contributed by atoms with Crippen molar-refractivity contribution in [2.45, 2.75) is 64.8 Å². The Balaban J connectivity index is 1.35. The second-order valence-corrected chi connectivity index (χ2v) is 13.2. The summed E-state index contributed by atoms with van der Waals surface area (Å²) in [6, 6.07) is 17.1. The third-order valence-corrected chi connectivity index (χ3v) is 9.04. The molecule has 0 unspecified atom stereocenters. The van der Waals surface area contributed by atoms with Crippen LogP contribution in [-0.2, 0) is 11.3 Å². The van der Waals surface area contributed by atoms with E-state index in [1.807, 2.05) is 32.0 Å². The first-order valence-electron chi connectivity index (χ1n) is 17.3. The van der Waals surface area contributed by atoms with Gasteiger partial charge in [0, 0.05) is 43.5 Å². The fourth-order valence-electron chi connectivity index (χ4n) is 6.15. The Hall–Kier alpha value is -4.52. The lowest BCUT2D eigenvalue weighted by atomic mass is 10.0. The number of ether oxygens (including phenoxy) is 5. The molecule has 3 aromatic carbocycles. The molecule has 2 aliphatic rings. The van der Waals surface area contributed by atoms with Crippen LogP contribution in [-0.4, -0.2) is 92.3 Å². The molecule has 2 aliphatic heterocycles. The molecule has 0 aromatic heterocycles. The van der Waals surface area contributed by atoms with Crippen LogP contribution in [0.15, 0.2) is 60.7 Å². The van der Waals surface area contributed by atoms with Crippen molar-refractivity contribution in [1.29, 1.82) is 0 Å². The highest BCUT2D eigenvalue weighted by Crippen LogP contribution is 2.33. The van der Waals surface area contributed by atoms with E-state index in [2.05, 4.69) is 29.5 Å². The predicted molar refractivity (Wildman–Crippen MR) is 191 cm³/mol. The van der Waals surface area contributed by atoms with E-state index < -0.39 is 12.1 Å². The molecule has 12 nitrogen and oxygen atoms in total. The van der Waals surface area contributed by atoms with Crippen LogP contribution >= 0.6 is 0 Å². The van der Waals surface area contributed by atoms with E-state index in [9.17, 15) is 14.7 Å². The van der Waals surface area contributed by atoms with Gasteiger partial charge in [-0.1, -0.05) is 13.0 Å². The fourth-order valence-corrected chi connectivity index (χ4v) is 6.15. The molecule has 12 heteroatoms. The number of aliphatic hydroxyl groups is 1. The second-order valence-electron chi connectivity index (χ2n) is 13.2. The molecule has 50 heavy (non-hydrogen) atoms. The number of aliphatic hydroxyl groups excluding tert-OH is 1. The van der Waals surface area contributed by atoms with E-state index in [0.29, 0.717) is 54.7 Å². The number of urea groups is 1. The molecule has 2 heterocycles. The zero-order chi connectivity index (χ0) is 35.6. The lowest BCUT2D eigenvalue weighted by Gasteiger charge is -2.36. The molecule has 3 N–H and O–H groups in total. The van der Waals surface area contributed by atoms with E-state index >= 15 is 0 Å². The number of hydrogen-bond acceptors (Lipinski definition) is 9. The summed E-state index contributed by atoms with van der Waals surface area (Å²) in [6.45, 7) is 8.15. The minimum absolute atomic E-state index is 0.0741. The minimum Gasteiger partial charge on any atom is -0.497 e. The number of likely N-dealkylation sites (N-methyl/N-ethyl adjacent to an activating group) is 1. The summed E-state index contributed by atoms with van der Waals surface area (Å²) >= 11 is 0. The van der Waals surface area contributed by atoms with Gasteiger partial charge < -0.3 is 44.3 Å². The first-order chi connectivity index (χ1) is 24.1. The van der Waals surface area contributed by atoms with Crippen molar-refractivity contribution in [3.05, 3.63) is 71.8 Å². The number of carbonyl (C=O) groups excluding carboxylic acids is 2. The summed E-state index contributed by atoms with van der Waals surface area (Å²) in [7, 11) is 3.63. The summed E-state index contributed by atoms with van der Waals surface area (Å²) in [4.78, 5) is 31.2. The molecule has 3 amide bonds. The highest BCUT2D eigenvalue weighted by molar-refractivity contribution is 6.02. The number of carbonyl (C=O) groups is 2. The maximum Gasteiger partial charge on any atom is 0.323 e. The fraction of sp³-hybridized carbons (Fsp3) is 0.474. The van der Waals surface area contributed by atoms with E-state index in [1.54, 1.807) is 54.5 Å². The van der Waals surface area contributed by atoms with Crippen molar-refractivity contribution >= 4 is 23.3 Å². The van der Waals surface area contributed by atoms with Crippen molar-refractivity contribution in [1.82, 2.24) is 9.80 Å². The number of anilines is 2. The number of rotatable bonds is 9. The molecule has 270 valence electrons. The summed E-state index contributed by atoms with van der Waals surface area (Å²) in [5.74, 6) is 2.24. The lowest BCUT2D eigenvalue weighted by Crippen LogP contribution is -2.47. The Morgan fingerprint density at radius 3 is 2.48 bits per heavy atom. The van der Waals surface area contributed by atoms with Gasteiger partial charge in [-0.3, -0.25) is 9.69 Å². The second kappa shape index (κ2) is 17.4. The Morgan fingerprint density at radius 1 is 1.00 bits per heavy atom.